The highest BCUT2D eigenvalue weighted by Crippen LogP contribution is 2.28. The molecule has 1 aliphatic carbocycles. The molecule has 1 aromatic rings. The zero-order valence-corrected chi connectivity index (χ0v) is 10.5. The van der Waals surface area contributed by atoms with E-state index in [2.05, 4.69) is 43.6 Å². The first-order chi connectivity index (χ1) is 7.85. The third-order valence-corrected chi connectivity index (χ3v) is 3.92. The lowest BCUT2D eigenvalue weighted by Crippen LogP contribution is -2.36. The van der Waals surface area contributed by atoms with Crippen molar-refractivity contribution in [3.8, 4) is 0 Å². The second kappa shape index (κ2) is 5.49. The summed E-state index contributed by atoms with van der Waals surface area (Å²) in [5.74, 6) is 0.833. The van der Waals surface area contributed by atoms with Gasteiger partial charge in [0.25, 0.3) is 0 Å². The second-order valence-electron chi connectivity index (χ2n) is 4.96. The maximum absolute atomic E-state index is 3.50. The van der Waals surface area contributed by atoms with Crippen LogP contribution < -0.4 is 5.32 Å². The zero-order chi connectivity index (χ0) is 11.4. The van der Waals surface area contributed by atoms with Gasteiger partial charge >= 0.3 is 0 Å². The highest BCUT2D eigenvalue weighted by atomic mass is 14.9. The van der Waals surface area contributed by atoms with Gasteiger partial charge < -0.3 is 5.32 Å². The van der Waals surface area contributed by atoms with E-state index < -0.39 is 0 Å². The van der Waals surface area contributed by atoms with Crippen LogP contribution in [-0.4, -0.2) is 13.1 Å². The minimum atomic E-state index is 0.707. The molecule has 1 aromatic carbocycles. The molecular weight excluding hydrogens is 194 g/mol. The third-order valence-electron chi connectivity index (χ3n) is 3.92. The molecule has 0 saturated carbocycles. The number of fused-ring (bicyclic) bond motifs is 1. The third kappa shape index (κ3) is 2.46. The molecule has 2 unspecified atom stereocenters. The molecule has 16 heavy (non-hydrogen) atoms. The van der Waals surface area contributed by atoms with E-state index in [4.69, 9.17) is 0 Å². The van der Waals surface area contributed by atoms with Gasteiger partial charge in [0, 0.05) is 6.04 Å². The summed E-state index contributed by atoms with van der Waals surface area (Å²) in [6, 6.07) is 9.65. The van der Waals surface area contributed by atoms with Crippen molar-refractivity contribution in [2.75, 3.05) is 7.05 Å². The van der Waals surface area contributed by atoms with Gasteiger partial charge in [-0.3, -0.25) is 0 Å². The SMILES string of the molecule is CCCC(NC)C1CCc2ccccc2C1. The fraction of sp³-hybridized carbons (Fsp3) is 0.600. The van der Waals surface area contributed by atoms with E-state index in [1.807, 2.05) is 0 Å². The topological polar surface area (TPSA) is 12.0 Å². The highest BCUT2D eigenvalue weighted by molar-refractivity contribution is 5.29. The van der Waals surface area contributed by atoms with E-state index in [9.17, 15) is 0 Å². The zero-order valence-electron chi connectivity index (χ0n) is 10.5. The van der Waals surface area contributed by atoms with Crippen LogP contribution in [-0.2, 0) is 12.8 Å². The van der Waals surface area contributed by atoms with E-state index in [-0.39, 0.29) is 0 Å². The lowest BCUT2D eigenvalue weighted by atomic mass is 9.79. The van der Waals surface area contributed by atoms with Gasteiger partial charge in [0.2, 0.25) is 0 Å². The fourth-order valence-electron chi connectivity index (χ4n) is 3.00. The molecule has 88 valence electrons. The van der Waals surface area contributed by atoms with E-state index >= 15 is 0 Å². The Morgan fingerprint density at radius 1 is 1.31 bits per heavy atom. The van der Waals surface area contributed by atoms with Crippen molar-refractivity contribution in [2.24, 2.45) is 5.92 Å². The Morgan fingerprint density at radius 3 is 2.75 bits per heavy atom. The van der Waals surface area contributed by atoms with Crippen molar-refractivity contribution in [2.45, 2.75) is 45.1 Å². The summed E-state index contributed by atoms with van der Waals surface area (Å²) in [5.41, 5.74) is 3.15. The van der Waals surface area contributed by atoms with Crippen molar-refractivity contribution in [1.82, 2.24) is 5.32 Å². The molecule has 0 aliphatic heterocycles. The van der Waals surface area contributed by atoms with Crippen LogP contribution in [0.2, 0.25) is 0 Å². The molecule has 1 N–H and O–H groups in total. The van der Waals surface area contributed by atoms with Crippen LogP contribution >= 0.6 is 0 Å². The highest BCUT2D eigenvalue weighted by Gasteiger charge is 2.24. The van der Waals surface area contributed by atoms with Gasteiger partial charge in [-0.25, -0.2) is 0 Å². The lowest BCUT2D eigenvalue weighted by molar-refractivity contribution is 0.318. The maximum Gasteiger partial charge on any atom is 0.00955 e. The summed E-state index contributed by atoms with van der Waals surface area (Å²) in [7, 11) is 2.11. The van der Waals surface area contributed by atoms with Crippen molar-refractivity contribution in [3.63, 3.8) is 0 Å². The number of nitrogens with one attached hydrogen (secondary N) is 1. The van der Waals surface area contributed by atoms with Crippen LogP contribution in [0.15, 0.2) is 24.3 Å². The van der Waals surface area contributed by atoms with E-state index in [1.165, 1.54) is 32.1 Å². The minimum absolute atomic E-state index is 0.707. The number of hydrogen-bond acceptors (Lipinski definition) is 1. The van der Waals surface area contributed by atoms with Gasteiger partial charge in [0.05, 0.1) is 0 Å². The maximum atomic E-state index is 3.50. The number of hydrogen-bond donors (Lipinski definition) is 1. The molecule has 1 heteroatoms. The Labute approximate surface area is 99.3 Å². The van der Waals surface area contributed by atoms with E-state index in [0.717, 1.165) is 5.92 Å². The molecule has 0 spiro atoms. The number of benzene rings is 1. The molecule has 0 bridgehead atoms. The smallest absolute Gasteiger partial charge is 0.00955 e. The molecule has 2 atom stereocenters. The first-order valence-electron chi connectivity index (χ1n) is 6.59. The molecule has 0 saturated heterocycles. The molecule has 2 rings (SSSR count). The van der Waals surface area contributed by atoms with Crippen LogP contribution in [0.25, 0.3) is 0 Å². The summed E-state index contributed by atoms with van der Waals surface area (Å²) in [5, 5.41) is 3.50. The average molecular weight is 217 g/mol. The van der Waals surface area contributed by atoms with E-state index in [1.54, 1.807) is 11.1 Å². The van der Waals surface area contributed by atoms with Crippen LogP contribution in [0.1, 0.15) is 37.3 Å². The Kier molecular flexibility index (Phi) is 4.00. The molecule has 0 amide bonds. The van der Waals surface area contributed by atoms with Crippen molar-refractivity contribution in [3.05, 3.63) is 35.4 Å². The first kappa shape index (κ1) is 11.7. The van der Waals surface area contributed by atoms with Gasteiger partial charge in [0.1, 0.15) is 0 Å². The van der Waals surface area contributed by atoms with Crippen LogP contribution in [0.4, 0.5) is 0 Å². The number of aryl methyl sites for hydroxylation is 1. The summed E-state index contributed by atoms with van der Waals surface area (Å²) >= 11 is 0. The Hall–Kier alpha value is -0.820. The van der Waals surface area contributed by atoms with Gasteiger partial charge in [-0.1, -0.05) is 37.6 Å². The normalized spacial score (nSPS) is 21.5. The van der Waals surface area contributed by atoms with Gasteiger partial charge in [0.15, 0.2) is 0 Å². The van der Waals surface area contributed by atoms with E-state index in [0.29, 0.717) is 6.04 Å². The van der Waals surface area contributed by atoms with Crippen LogP contribution in [0, 0.1) is 5.92 Å². The summed E-state index contributed by atoms with van der Waals surface area (Å²) in [4.78, 5) is 0. The summed E-state index contributed by atoms with van der Waals surface area (Å²) in [6.07, 6.45) is 6.47. The van der Waals surface area contributed by atoms with Crippen molar-refractivity contribution in [1.29, 1.82) is 0 Å². The Morgan fingerprint density at radius 2 is 2.06 bits per heavy atom. The monoisotopic (exact) mass is 217 g/mol. The predicted molar refractivity (Wildman–Crippen MR) is 69.7 cm³/mol. The minimum Gasteiger partial charge on any atom is -0.317 e. The lowest BCUT2D eigenvalue weighted by Gasteiger charge is -2.31. The molecule has 0 fully saturated rings. The van der Waals surface area contributed by atoms with Crippen LogP contribution in [0.3, 0.4) is 0 Å². The van der Waals surface area contributed by atoms with Gasteiger partial charge in [-0.05, 0) is 49.8 Å². The predicted octanol–water partition coefficient (Wildman–Crippen LogP) is 3.18. The van der Waals surface area contributed by atoms with Gasteiger partial charge in [-0.15, -0.1) is 0 Å². The molecular formula is C15H23N. The Bertz CT molecular complexity index is 332. The molecule has 0 aromatic heterocycles. The molecule has 0 radical (unpaired) electrons. The summed E-state index contributed by atoms with van der Waals surface area (Å²) in [6.45, 7) is 2.28. The van der Waals surface area contributed by atoms with Crippen molar-refractivity contribution >= 4 is 0 Å². The summed E-state index contributed by atoms with van der Waals surface area (Å²) < 4.78 is 0. The number of rotatable bonds is 4. The first-order valence-corrected chi connectivity index (χ1v) is 6.59. The van der Waals surface area contributed by atoms with Gasteiger partial charge in [-0.2, -0.15) is 0 Å². The molecule has 1 nitrogen and oxygen atoms in total. The van der Waals surface area contributed by atoms with Crippen molar-refractivity contribution < 1.29 is 0 Å². The average Bonchev–Trinajstić information content (AvgIpc) is 2.35. The standard InChI is InChI=1S/C15H23N/c1-3-6-15(16-2)14-10-9-12-7-4-5-8-13(12)11-14/h4-5,7-8,14-16H,3,6,9-11H2,1-2H3. The molecule has 1 aliphatic rings. The second-order valence-corrected chi connectivity index (χ2v) is 4.96. The quantitative estimate of drug-likeness (QED) is 0.817. The van der Waals surface area contributed by atoms with Crippen LogP contribution in [0.5, 0.6) is 0 Å². The largest absolute Gasteiger partial charge is 0.317 e. The molecule has 0 heterocycles. The Balaban J connectivity index is 2.06. The fourth-order valence-corrected chi connectivity index (χ4v) is 3.00.